The molecule has 234 valence electrons. The van der Waals surface area contributed by atoms with Gasteiger partial charge in [-0.3, -0.25) is 15.0 Å². The van der Waals surface area contributed by atoms with Crippen LogP contribution >= 0.6 is 0 Å². The van der Waals surface area contributed by atoms with Gasteiger partial charge in [-0.25, -0.2) is 0 Å². The number of aliphatic hydroxyl groups is 2. The van der Waals surface area contributed by atoms with Crippen LogP contribution in [0.25, 0.3) is 0 Å². The van der Waals surface area contributed by atoms with Gasteiger partial charge in [0.25, 0.3) is 0 Å². The minimum atomic E-state index is -1.31. The van der Waals surface area contributed by atoms with Crippen molar-refractivity contribution in [3.8, 4) is 11.5 Å². The molecule has 0 amide bonds. The van der Waals surface area contributed by atoms with Gasteiger partial charge in [-0.05, 0) is 64.8 Å². The number of nitrogens with one attached hydrogen (secondary N) is 1. The molecule has 0 saturated heterocycles. The van der Waals surface area contributed by atoms with Crippen LogP contribution in [-0.4, -0.2) is 77.2 Å². The van der Waals surface area contributed by atoms with Crippen LogP contribution in [0.4, 0.5) is 0 Å². The third-order valence-corrected chi connectivity index (χ3v) is 7.79. The minimum absolute atomic E-state index is 0.170. The molecule has 3 rings (SSSR count). The van der Waals surface area contributed by atoms with Gasteiger partial charge in [-0.2, -0.15) is 0 Å². The van der Waals surface area contributed by atoms with Crippen LogP contribution in [0.2, 0.25) is 0 Å². The number of ether oxygens (including phenoxy) is 4. The molecule has 42 heavy (non-hydrogen) atoms. The van der Waals surface area contributed by atoms with Crippen molar-refractivity contribution < 1.29 is 39.1 Å². The third-order valence-electron chi connectivity index (χ3n) is 7.79. The molecule has 2 aromatic carbocycles. The molecule has 0 heterocycles. The molecule has 1 aliphatic rings. The lowest BCUT2D eigenvalue weighted by Gasteiger charge is -2.47. The molecule has 1 aliphatic carbocycles. The van der Waals surface area contributed by atoms with E-state index in [0.717, 1.165) is 11.1 Å². The zero-order valence-corrected chi connectivity index (χ0v) is 25.7. The Balaban J connectivity index is 1.91. The molecule has 0 aromatic heterocycles. The third kappa shape index (κ3) is 8.21. The number of carboxylic acids is 1. The highest BCUT2D eigenvalue weighted by molar-refractivity contribution is 5.80. The number of carboxylic acid groups (broad SMARTS) is 1. The van der Waals surface area contributed by atoms with E-state index in [9.17, 15) is 20.1 Å². The Labute approximate surface area is 249 Å². The Morgan fingerprint density at radius 2 is 1.57 bits per heavy atom. The van der Waals surface area contributed by atoms with Gasteiger partial charge >= 0.3 is 5.97 Å². The fraction of sp³-hybridized carbons (Fsp3) is 0.594. The summed E-state index contributed by atoms with van der Waals surface area (Å²) in [6.45, 7) is 13.0. The zero-order chi connectivity index (χ0) is 30.9. The van der Waals surface area contributed by atoms with Crippen LogP contribution in [-0.2, 0) is 14.3 Å². The number of aliphatic carboxylic acids is 1. The Hall–Kier alpha value is -2.73. The van der Waals surface area contributed by atoms with E-state index >= 15 is 0 Å². The van der Waals surface area contributed by atoms with Gasteiger partial charge in [0.05, 0.1) is 43.7 Å². The quantitative estimate of drug-likeness (QED) is 0.184. The molecule has 4 N–H and O–H groups in total. The summed E-state index contributed by atoms with van der Waals surface area (Å²) in [5.74, 6) is -0.0352. The summed E-state index contributed by atoms with van der Waals surface area (Å²) >= 11 is 0. The van der Waals surface area contributed by atoms with E-state index in [1.807, 2.05) is 77.1 Å². The molecule has 4 atom stereocenters. The van der Waals surface area contributed by atoms with E-state index in [0.29, 0.717) is 43.4 Å². The highest BCUT2D eigenvalue weighted by atomic mass is 16.5. The van der Waals surface area contributed by atoms with Gasteiger partial charge < -0.3 is 34.3 Å². The van der Waals surface area contributed by atoms with Gasteiger partial charge in [0.1, 0.15) is 17.0 Å². The van der Waals surface area contributed by atoms with Gasteiger partial charge in [0.2, 0.25) is 0 Å². The molecule has 1 fully saturated rings. The van der Waals surface area contributed by atoms with E-state index in [-0.39, 0.29) is 31.7 Å². The summed E-state index contributed by atoms with van der Waals surface area (Å²) in [5, 5.41) is 35.1. The highest BCUT2D eigenvalue weighted by Crippen LogP contribution is 2.40. The standard InChI is InChI=1S/C32H48N2O8/c1-7-39-26-19-32(20-26,30(36)37)33-31(38)34(15-16-42-23(6)24-13-11-10-12-14-24)21(4)25-17-27(40-8-2)29(22(5)35)28(18-25)41-9-3/h10-14,17-18,21-23,26,31,33,35,38H,7-9,15-16,19-20H2,1-6H3,(H,36,37)/t21-,22?,23+,26?,31?,32?/m1/s1. The van der Waals surface area contributed by atoms with Crippen molar-refractivity contribution in [2.24, 2.45) is 0 Å². The molecular weight excluding hydrogens is 540 g/mol. The smallest absolute Gasteiger partial charge is 0.324 e. The first-order valence-corrected chi connectivity index (χ1v) is 14.9. The zero-order valence-electron chi connectivity index (χ0n) is 25.7. The van der Waals surface area contributed by atoms with Gasteiger partial charge in [-0.15, -0.1) is 0 Å². The first-order chi connectivity index (χ1) is 20.1. The maximum Gasteiger partial charge on any atom is 0.324 e. The SMILES string of the molecule is CCOc1cc([C@@H](C)N(CCO[C@@H](C)c2ccccc2)C(O)NC2(C(=O)O)CC(OCC)C2)cc(OCC)c1C(C)O. The average Bonchev–Trinajstić information content (AvgIpc) is 2.93. The average molecular weight is 589 g/mol. The molecule has 2 aromatic rings. The van der Waals surface area contributed by atoms with E-state index in [1.165, 1.54) is 0 Å². The number of nitrogens with zero attached hydrogens (tertiary/aromatic N) is 1. The number of rotatable bonds is 18. The summed E-state index contributed by atoms with van der Waals surface area (Å²) in [6.07, 6.45) is -1.97. The molecule has 1 saturated carbocycles. The monoisotopic (exact) mass is 588 g/mol. The first-order valence-electron chi connectivity index (χ1n) is 14.9. The fourth-order valence-corrected chi connectivity index (χ4v) is 5.45. The Kier molecular flexibility index (Phi) is 12.6. The van der Waals surface area contributed by atoms with Crippen molar-refractivity contribution in [3.05, 3.63) is 59.2 Å². The van der Waals surface area contributed by atoms with Gasteiger partial charge in [0.15, 0.2) is 6.35 Å². The number of hydrogen-bond acceptors (Lipinski definition) is 9. The number of hydrogen-bond donors (Lipinski definition) is 4. The second kappa shape index (κ2) is 15.7. The van der Waals surface area contributed by atoms with Crippen molar-refractivity contribution >= 4 is 5.97 Å². The summed E-state index contributed by atoms with van der Waals surface area (Å²) in [7, 11) is 0. The fourth-order valence-electron chi connectivity index (χ4n) is 5.45. The predicted molar refractivity (Wildman–Crippen MR) is 160 cm³/mol. The Bertz CT molecular complexity index is 1100. The summed E-state index contributed by atoms with van der Waals surface area (Å²) in [6, 6.07) is 13.1. The second-order valence-electron chi connectivity index (χ2n) is 10.7. The van der Waals surface area contributed by atoms with Crippen molar-refractivity contribution in [2.45, 2.75) is 90.6 Å². The van der Waals surface area contributed by atoms with Crippen molar-refractivity contribution in [3.63, 3.8) is 0 Å². The largest absolute Gasteiger partial charge is 0.493 e. The molecular formula is C32H48N2O8. The maximum absolute atomic E-state index is 12.3. The predicted octanol–water partition coefficient (Wildman–Crippen LogP) is 4.57. The molecule has 10 nitrogen and oxygen atoms in total. The van der Waals surface area contributed by atoms with E-state index in [1.54, 1.807) is 11.8 Å². The Morgan fingerprint density at radius 1 is 0.976 bits per heavy atom. The minimum Gasteiger partial charge on any atom is -0.493 e. The van der Waals surface area contributed by atoms with Gasteiger partial charge in [0, 0.05) is 32.0 Å². The van der Waals surface area contributed by atoms with E-state index in [2.05, 4.69) is 5.32 Å². The van der Waals surface area contributed by atoms with Crippen LogP contribution in [0, 0.1) is 0 Å². The molecule has 0 bridgehead atoms. The van der Waals surface area contributed by atoms with Crippen LogP contribution in [0.1, 0.15) is 89.3 Å². The van der Waals surface area contributed by atoms with Crippen LogP contribution in [0.5, 0.6) is 11.5 Å². The summed E-state index contributed by atoms with van der Waals surface area (Å²) < 4.78 is 23.5. The van der Waals surface area contributed by atoms with Gasteiger partial charge in [-0.1, -0.05) is 30.3 Å². The topological polar surface area (TPSA) is 130 Å². The van der Waals surface area contributed by atoms with Crippen molar-refractivity contribution in [1.29, 1.82) is 0 Å². The first kappa shape index (κ1) is 33.8. The molecule has 0 aliphatic heterocycles. The lowest BCUT2D eigenvalue weighted by atomic mass is 9.74. The number of aliphatic hydroxyl groups excluding tert-OH is 2. The summed E-state index contributed by atoms with van der Waals surface area (Å²) in [5.41, 5.74) is 1.06. The van der Waals surface area contributed by atoms with Crippen LogP contribution < -0.4 is 14.8 Å². The second-order valence-corrected chi connectivity index (χ2v) is 10.7. The Morgan fingerprint density at radius 3 is 2.07 bits per heavy atom. The lowest BCUT2D eigenvalue weighted by molar-refractivity contribution is -0.169. The highest BCUT2D eigenvalue weighted by Gasteiger charge is 2.52. The molecule has 2 unspecified atom stereocenters. The summed E-state index contributed by atoms with van der Waals surface area (Å²) in [4.78, 5) is 14.1. The molecule has 0 radical (unpaired) electrons. The van der Waals surface area contributed by atoms with Crippen LogP contribution in [0.15, 0.2) is 42.5 Å². The van der Waals surface area contributed by atoms with E-state index < -0.39 is 30.0 Å². The van der Waals surface area contributed by atoms with Crippen molar-refractivity contribution in [2.75, 3.05) is 33.0 Å². The molecule has 10 heteroatoms. The van der Waals surface area contributed by atoms with Crippen LogP contribution in [0.3, 0.4) is 0 Å². The molecule has 0 spiro atoms. The van der Waals surface area contributed by atoms with Crippen molar-refractivity contribution in [1.82, 2.24) is 10.2 Å². The van der Waals surface area contributed by atoms with E-state index in [4.69, 9.17) is 18.9 Å². The normalized spacial score (nSPS) is 21.3. The lowest BCUT2D eigenvalue weighted by Crippen LogP contribution is -2.68. The number of carbonyl (C=O) groups is 1. The number of benzene rings is 2. The maximum atomic E-state index is 12.3.